The quantitative estimate of drug-likeness (QED) is 0.705. The molecule has 0 saturated carbocycles. The third kappa shape index (κ3) is 3.31. The van der Waals surface area contributed by atoms with E-state index in [9.17, 15) is 4.79 Å². The molecule has 1 atom stereocenters. The Morgan fingerprint density at radius 3 is 2.72 bits per heavy atom. The van der Waals surface area contributed by atoms with Gasteiger partial charge in [0.1, 0.15) is 5.75 Å². The fourth-order valence-corrected chi connectivity index (χ4v) is 3.33. The molecule has 0 spiro atoms. The standard InChI is InChI=1S/C20H25N3O2/c1-20(2,3)16(11-18(24)19-21-8-9-23(19)4)15-12-22-17-7-6-13(25-5)10-14(15)17/h6-10,12,16,22H,11H2,1-5H3. The molecule has 0 amide bonds. The number of imidazole rings is 1. The summed E-state index contributed by atoms with van der Waals surface area (Å²) >= 11 is 0. The average Bonchev–Trinajstić information content (AvgIpc) is 3.16. The highest BCUT2D eigenvalue weighted by Gasteiger charge is 2.31. The molecule has 2 aromatic heterocycles. The molecule has 0 bridgehead atoms. The van der Waals surface area contributed by atoms with Crippen LogP contribution in [0.1, 0.15) is 49.3 Å². The molecule has 1 unspecified atom stereocenters. The molecule has 5 nitrogen and oxygen atoms in total. The number of aryl methyl sites for hydroxylation is 1. The minimum absolute atomic E-state index is 0.0599. The number of nitrogens with one attached hydrogen (secondary N) is 1. The first-order valence-corrected chi connectivity index (χ1v) is 8.47. The third-order valence-electron chi connectivity index (χ3n) is 4.80. The fraction of sp³-hybridized carbons (Fsp3) is 0.400. The van der Waals surface area contributed by atoms with E-state index in [1.807, 2.05) is 31.4 Å². The van der Waals surface area contributed by atoms with Gasteiger partial charge in [0.2, 0.25) is 0 Å². The number of ether oxygens (including phenoxy) is 1. The van der Waals surface area contributed by atoms with Crippen LogP contribution in [0, 0.1) is 5.41 Å². The first-order chi connectivity index (χ1) is 11.8. The highest BCUT2D eigenvalue weighted by Crippen LogP contribution is 2.42. The zero-order valence-electron chi connectivity index (χ0n) is 15.5. The minimum atomic E-state index is -0.0704. The summed E-state index contributed by atoms with van der Waals surface area (Å²) in [5.41, 5.74) is 2.12. The number of aromatic nitrogens is 3. The maximum absolute atomic E-state index is 12.8. The molecule has 1 aromatic carbocycles. The molecule has 5 heteroatoms. The van der Waals surface area contributed by atoms with Gasteiger partial charge in [-0.25, -0.2) is 4.98 Å². The highest BCUT2D eigenvalue weighted by atomic mass is 16.5. The van der Waals surface area contributed by atoms with Crippen LogP contribution < -0.4 is 4.74 Å². The van der Waals surface area contributed by atoms with E-state index in [4.69, 9.17) is 4.74 Å². The van der Waals surface area contributed by atoms with E-state index >= 15 is 0 Å². The summed E-state index contributed by atoms with van der Waals surface area (Å²) in [5, 5.41) is 1.10. The molecule has 132 valence electrons. The highest BCUT2D eigenvalue weighted by molar-refractivity contribution is 5.94. The van der Waals surface area contributed by atoms with Crippen molar-refractivity contribution in [2.75, 3.05) is 7.11 Å². The van der Waals surface area contributed by atoms with Crippen molar-refractivity contribution < 1.29 is 9.53 Å². The van der Waals surface area contributed by atoms with E-state index in [-0.39, 0.29) is 17.1 Å². The Bertz CT molecular complexity index is 899. The number of ketones is 1. The van der Waals surface area contributed by atoms with Gasteiger partial charge in [-0.2, -0.15) is 0 Å². The molecule has 0 fully saturated rings. The predicted molar refractivity (Wildman–Crippen MR) is 99.2 cm³/mol. The van der Waals surface area contributed by atoms with Crippen molar-refractivity contribution in [2.24, 2.45) is 12.5 Å². The Hall–Kier alpha value is -2.56. The lowest BCUT2D eigenvalue weighted by atomic mass is 9.73. The molecule has 0 aliphatic rings. The zero-order valence-corrected chi connectivity index (χ0v) is 15.5. The van der Waals surface area contributed by atoms with Gasteiger partial charge in [0.05, 0.1) is 7.11 Å². The number of rotatable bonds is 5. The number of hydrogen-bond acceptors (Lipinski definition) is 3. The summed E-state index contributed by atoms with van der Waals surface area (Å²) in [6, 6.07) is 5.98. The fourth-order valence-electron chi connectivity index (χ4n) is 3.33. The van der Waals surface area contributed by atoms with E-state index in [0.29, 0.717) is 12.2 Å². The Balaban J connectivity index is 2.02. The molecule has 1 N–H and O–H groups in total. The Labute approximate surface area is 148 Å². The normalized spacial score (nSPS) is 13.2. The second kappa shape index (κ2) is 6.39. The van der Waals surface area contributed by atoms with Crippen molar-refractivity contribution in [3.05, 3.63) is 48.2 Å². The van der Waals surface area contributed by atoms with Gasteiger partial charge in [-0.1, -0.05) is 20.8 Å². The van der Waals surface area contributed by atoms with Gasteiger partial charge in [0.25, 0.3) is 0 Å². The van der Waals surface area contributed by atoms with Gasteiger partial charge < -0.3 is 14.3 Å². The summed E-state index contributed by atoms with van der Waals surface area (Å²) in [7, 11) is 3.52. The summed E-state index contributed by atoms with van der Waals surface area (Å²) in [6.45, 7) is 6.51. The van der Waals surface area contributed by atoms with Crippen molar-refractivity contribution in [1.29, 1.82) is 0 Å². The van der Waals surface area contributed by atoms with Gasteiger partial charge in [0, 0.05) is 43.0 Å². The number of fused-ring (bicyclic) bond motifs is 1. The monoisotopic (exact) mass is 339 g/mol. The van der Waals surface area contributed by atoms with Crippen molar-refractivity contribution >= 4 is 16.7 Å². The molecule has 3 rings (SSSR count). The number of aromatic amines is 1. The van der Waals surface area contributed by atoms with Crippen LogP contribution in [-0.2, 0) is 7.05 Å². The topological polar surface area (TPSA) is 59.9 Å². The van der Waals surface area contributed by atoms with Gasteiger partial charge in [-0.05, 0) is 35.1 Å². The second-order valence-corrected chi connectivity index (χ2v) is 7.56. The van der Waals surface area contributed by atoms with Crippen LogP contribution in [0.25, 0.3) is 10.9 Å². The average molecular weight is 339 g/mol. The lowest BCUT2D eigenvalue weighted by Gasteiger charge is -2.30. The lowest BCUT2D eigenvalue weighted by molar-refractivity contribution is 0.0938. The molecule has 0 radical (unpaired) electrons. The van der Waals surface area contributed by atoms with Crippen LogP contribution in [0.2, 0.25) is 0 Å². The maximum Gasteiger partial charge on any atom is 0.198 e. The van der Waals surface area contributed by atoms with Crippen molar-refractivity contribution in [3.8, 4) is 5.75 Å². The number of benzene rings is 1. The van der Waals surface area contributed by atoms with Gasteiger partial charge >= 0.3 is 0 Å². The van der Waals surface area contributed by atoms with Crippen LogP contribution in [0.4, 0.5) is 0 Å². The molecular formula is C20H25N3O2. The number of H-pyrrole nitrogens is 1. The molecule has 2 heterocycles. The number of hydrogen-bond donors (Lipinski definition) is 1. The van der Waals surface area contributed by atoms with Gasteiger partial charge in [0.15, 0.2) is 11.6 Å². The number of carbonyl (C=O) groups excluding carboxylic acids is 1. The van der Waals surface area contributed by atoms with E-state index in [1.165, 1.54) is 0 Å². The SMILES string of the molecule is COc1ccc2[nH]cc(C(CC(=O)c3nccn3C)C(C)(C)C)c2c1. The van der Waals surface area contributed by atoms with Crippen molar-refractivity contribution in [2.45, 2.75) is 33.1 Å². The molecular weight excluding hydrogens is 314 g/mol. The van der Waals surface area contributed by atoms with Crippen LogP contribution in [0.3, 0.4) is 0 Å². The maximum atomic E-state index is 12.8. The number of nitrogens with zero attached hydrogens (tertiary/aromatic N) is 2. The summed E-state index contributed by atoms with van der Waals surface area (Å²) in [5.74, 6) is 1.45. The van der Waals surface area contributed by atoms with Crippen LogP contribution >= 0.6 is 0 Å². The summed E-state index contributed by atoms with van der Waals surface area (Å²) in [6.07, 6.45) is 5.90. The summed E-state index contributed by atoms with van der Waals surface area (Å²) in [4.78, 5) is 20.4. The number of carbonyl (C=O) groups is 1. The molecule has 3 aromatic rings. The van der Waals surface area contributed by atoms with Crippen molar-refractivity contribution in [1.82, 2.24) is 14.5 Å². The van der Waals surface area contributed by atoms with Crippen LogP contribution in [0.15, 0.2) is 36.8 Å². The minimum Gasteiger partial charge on any atom is -0.497 e. The van der Waals surface area contributed by atoms with Gasteiger partial charge in [-0.15, -0.1) is 0 Å². The first-order valence-electron chi connectivity index (χ1n) is 8.47. The van der Waals surface area contributed by atoms with Crippen molar-refractivity contribution in [3.63, 3.8) is 0 Å². The van der Waals surface area contributed by atoms with Gasteiger partial charge in [-0.3, -0.25) is 4.79 Å². The Morgan fingerprint density at radius 2 is 2.12 bits per heavy atom. The van der Waals surface area contributed by atoms with E-state index in [2.05, 4.69) is 30.7 Å². The molecule has 0 aliphatic carbocycles. The van der Waals surface area contributed by atoms with E-state index in [1.54, 1.807) is 24.1 Å². The van der Waals surface area contributed by atoms with Crippen LogP contribution in [-0.4, -0.2) is 27.4 Å². The van der Waals surface area contributed by atoms with E-state index in [0.717, 1.165) is 22.2 Å². The molecule has 0 aliphatic heterocycles. The summed E-state index contributed by atoms with van der Waals surface area (Å²) < 4.78 is 7.15. The Morgan fingerprint density at radius 1 is 1.36 bits per heavy atom. The van der Waals surface area contributed by atoms with Crippen LogP contribution in [0.5, 0.6) is 5.75 Å². The lowest BCUT2D eigenvalue weighted by Crippen LogP contribution is -2.22. The Kier molecular flexibility index (Phi) is 4.41. The molecule has 0 saturated heterocycles. The number of Topliss-reactive ketones (excluding diaryl/α,β-unsaturated/α-hetero) is 1. The van der Waals surface area contributed by atoms with E-state index < -0.39 is 0 Å². The first kappa shape index (κ1) is 17.3. The largest absolute Gasteiger partial charge is 0.497 e. The smallest absolute Gasteiger partial charge is 0.198 e. The third-order valence-corrected chi connectivity index (χ3v) is 4.80. The zero-order chi connectivity index (χ0) is 18.2. The predicted octanol–water partition coefficient (Wildman–Crippen LogP) is 4.31. The molecule has 25 heavy (non-hydrogen) atoms. The number of methoxy groups -OCH3 is 1. The second-order valence-electron chi connectivity index (χ2n) is 7.56.